The quantitative estimate of drug-likeness (QED) is 0.750. The van der Waals surface area contributed by atoms with Crippen LogP contribution < -0.4 is 11.1 Å². The van der Waals surface area contributed by atoms with Crippen LogP contribution in [0.5, 0.6) is 0 Å². The Morgan fingerprint density at radius 2 is 2.14 bits per heavy atom. The first-order valence-electron chi connectivity index (χ1n) is 8.21. The van der Waals surface area contributed by atoms with E-state index >= 15 is 0 Å². The van der Waals surface area contributed by atoms with E-state index in [4.69, 9.17) is 5.73 Å². The van der Waals surface area contributed by atoms with Crippen LogP contribution in [0.15, 0.2) is 52.7 Å². The highest BCUT2D eigenvalue weighted by Gasteiger charge is 2.17. The minimum Gasteiger partial charge on any atom is -0.393 e. The molecule has 0 aromatic heterocycles. The van der Waals surface area contributed by atoms with Crippen molar-refractivity contribution in [2.75, 3.05) is 0 Å². The smallest absolute Gasteiger partial charge is 0.127 e. The van der Waals surface area contributed by atoms with E-state index in [1.54, 1.807) is 0 Å². The number of aliphatic imine (C=N–C) groups is 1. The number of allylic oxidation sites excluding steroid dienone is 6. The molecule has 22 heavy (non-hydrogen) atoms. The van der Waals surface area contributed by atoms with Crippen molar-refractivity contribution < 1.29 is 5.11 Å². The molecule has 0 amide bonds. The number of hydrogen-bond donors (Lipinski definition) is 3. The monoisotopic (exact) mass is 299 g/mol. The van der Waals surface area contributed by atoms with E-state index in [-0.39, 0.29) is 12.3 Å². The molecule has 2 aliphatic carbocycles. The first kappa shape index (κ1) is 15.3. The van der Waals surface area contributed by atoms with Crippen LogP contribution in [0.3, 0.4) is 0 Å². The largest absolute Gasteiger partial charge is 0.393 e. The summed E-state index contributed by atoms with van der Waals surface area (Å²) >= 11 is 0. The highest BCUT2D eigenvalue weighted by atomic mass is 16.3. The summed E-state index contributed by atoms with van der Waals surface area (Å²) in [6.45, 7) is 0. The summed E-state index contributed by atoms with van der Waals surface area (Å²) in [6.07, 6.45) is 18.1. The van der Waals surface area contributed by atoms with Crippen molar-refractivity contribution in [3.8, 4) is 0 Å². The summed E-state index contributed by atoms with van der Waals surface area (Å²) in [5, 5.41) is 13.0. The number of aliphatic hydroxyl groups is 1. The van der Waals surface area contributed by atoms with Crippen molar-refractivity contribution in [3.05, 3.63) is 47.7 Å². The fourth-order valence-corrected chi connectivity index (χ4v) is 3.21. The van der Waals surface area contributed by atoms with E-state index in [1.807, 2.05) is 6.08 Å². The Kier molecular flexibility index (Phi) is 4.90. The average molecular weight is 299 g/mol. The fourth-order valence-electron chi connectivity index (χ4n) is 3.21. The Bertz CT molecular complexity index is 547. The summed E-state index contributed by atoms with van der Waals surface area (Å²) in [4.78, 5) is 4.47. The molecule has 4 heteroatoms. The Hall–Kier alpha value is -1.65. The molecule has 1 aliphatic heterocycles. The first-order chi connectivity index (χ1) is 10.7. The topological polar surface area (TPSA) is 70.6 Å². The lowest BCUT2D eigenvalue weighted by Gasteiger charge is -2.24. The molecule has 0 bridgehead atoms. The molecule has 3 aliphatic rings. The number of nitrogens with zero attached hydrogens (tertiary/aromatic N) is 1. The molecule has 0 radical (unpaired) electrons. The van der Waals surface area contributed by atoms with Gasteiger partial charge in [0, 0.05) is 5.70 Å². The number of hydrogen-bond acceptors (Lipinski definition) is 4. The lowest BCUT2D eigenvalue weighted by molar-refractivity contribution is 0.143. The average Bonchev–Trinajstić information content (AvgIpc) is 2.50. The molecule has 2 atom stereocenters. The molecule has 2 unspecified atom stereocenters. The normalized spacial score (nSPS) is 31.4. The lowest BCUT2D eigenvalue weighted by Crippen LogP contribution is -2.33. The van der Waals surface area contributed by atoms with Crippen molar-refractivity contribution in [2.24, 2.45) is 16.6 Å². The molecule has 4 nitrogen and oxygen atoms in total. The number of rotatable bonds is 3. The standard InChI is InChI=1S/C18H25N3O/c19-17-12-15(10-13-4-2-1-3-5-13)20-18(21-17)11-14-6-8-16(22)9-7-14/h1-4,11-13,16-17,22H,5-10,19H2,(H,20,21). The third-order valence-corrected chi connectivity index (χ3v) is 4.44. The van der Waals surface area contributed by atoms with Crippen LogP contribution in [0.1, 0.15) is 38.5 Å². The zero-order valence-electron chi connectivity index (χ0n) is 12.9. The molecule has 0 aromatic carbocycles. The fraction of sp³-hybridized carbons (Fsp3) is 0.500. The summed E-state index contributed by atoms with van der Waals surface area (Å²) < 4.78 is 0. The van der Waals surface area contributed by atoms with Crippen molar-refractivity contribution in [3.63, 3.8) is 0 Å². The third kappa shape index (κ3) is 4.18. The van der Waals surface area contributed by atoms with Crippen molar-refractivity contribution in [2.45, 2.75) is 50.8 Å². The van der Waals surface area contributed by atoms with Gasteiger partial charge in [-0.1, -0.05) is 29.9 Å². The number of nitrogens with one attached hydrogen (secondary N) is 1. The van der Waals surface area contributed by atoms with E-state index in [2.05, 4.69) is 40.7 Å². The van der Waals surface area contributed by atoms with Gasteiger partial charge in [-0.15, -0.1) is 0 Å². The van der Waals surface area contributed by atoms with E-state index < -0.39 is 0 Å². The molecule has 3 rings (SSSR count). The SMILES string of the molecule is NC1C=C(CC2C=CC=CC2)NC(C=C2CCC(O)CC2)=N1. The molecule has 0 aromatic rings. The highest BCUT2D eigenvalue weighted by molar-refractivity contribution is 5.95. The van der Waals surface area contributed by atoms with Gasteiger partial charge < -0.3 is 16.2 Å². The van der Waals surface area contributed by atoms with Gasteiger partial charge in [0.2, 0.25) is 0 Å². The molecule has 118 valence electrons. The number of aliphatic hydroxyl groups excluding tert-OH is 1. The minimum atomic E-state index is -0.264. The molecule has 0 spiro atoms. The van der Waals surface area contributed by atoms with Gasteiger partial charge in [-0.3, -0.25) is 0 Å². The highest BCUT2D eigenvalue weighted by Crippen LogP contribution is 2.24. The molecular weight excluding hydrogens is 274 g/mol. The maximum Gasteiger partial charge on any atom is 0.127 e. The van der Waals surface area contributed by atoms with Gasteiger partial charge in [-0.25, -0.2) is 4.99 Å². The van der Waals surface area contributed by atoms with Crippen molar-refractivity contribution in [1.82, 2.24) is 5.32 Å². The first-order valence-corrected chi connectivity index (χ1v) is 8.21. The molecular formula is C18H25N3O. The zero-order valence-corrected chi connectivity index (χ0v) is 12.9. The maximum atomic E-state index is 9.59. The Labute approximate surface area is 132 Å². The van der Waals surface area contributed by atoms with Crippen LogP contribution in [-0.4, -0.2) is 23.2 Å². The molecule has 1 fully saturated rings. The summed E-state index contributed by atoms with van der Waals surface area (Å²) in [7, 11) is 0. The second-order valence-electron chi connectivity index (χ2n) is 6.37. The van der Waals surface area contributed by atoms with Gasteiger partial charge in [-0.05, 0) is 56.6 Å². The zero-order chi connectivity index (χ0) is 15.4. The predicted octanol–water partition coefficient (Wildman–Crippen LogP) is 2.54. The van der Waals surface area contributed by atoms with Crippen molar-refractivity contribution >= 4 is 5.84 Å². The second kappa shape index (κ2) is 7.07. The summed E-state index contributed by atoms with van der Waals surface area (Å²) in [6, 6.07) is 0. The second-order valence-corrected chi connectivity index (χ2v) is 6.37. The lowest BCUT2D eigenvalue weighted by atomic mass is 9.92. The van der Waals surface area contributed by atoms with Gasteiger partial charge >= 0.3 is 0 Å². The molecule has 0 saturated heterocycles. The third-order valence-electron chi connectivity index (χ3n) is 4.44. The van der Waals surface area contributed by atoms with Gasteiger partial charge in [0.25, 0.3) is 0 Å². The Morgan fingerprint density at radius 3 is 2.86 bits per heavy atom. The van der Waals surface area contributed by atoms with Crippen LogP contribution in [0, 0.1) is 5.92 Å². The molecule has 1 heterocycles. The number of nitrogens with two attached hydrogens (primary N) is 1. The van der Waals surface area contributed by atoms with Gasteiger partial charge in [-0.2, -0.15) is 0 Å². The van der Waals surface area contributed by atoms with Crippen molar-refractivity contribution in [1.29, 1.82) is 0 Å². The predicted molar refractivity (Wildman–Crippen MR) is 90.2 cm³/mol. The van der Waals surface area contributed by atoms with Gasteiger partial charge in [0.1, 0.15) is 12.0 Å². The Balaban J connectivity index is 1.61. The van der Waals surface area contributed by atoms with E-state index in [1.165, 1.54) is 5.57 Å². The van der Waals surface area contributed by atoms with Crippen LogP contribution in [0.2, 0.25) is 0 Å². The maximum absolute atomic E-state index is 9.59. The number of amidine groups is 1. The summed E-state index contributed by atoms with van der Waals surface area (Å²) in [5.74, 6) is 1.40. The summed E-state index contributed by atoms with van der Waals surface area (Å²) in [5.41, 5.74) is 8.56. The van der Waals surface area contributed by atoms with Crippen LogP contribution in [0.25, 0.3) is 0 Å². The van der Waals surface area contributed by atoms with Gasteiger partial charge in [0.15, 0.2) is 0 Å². The van der Waals surface area contributed by atoms with E-state index in [0.29, 0.717) is 5.92 Å². The van der Waals surface area contributed by atoms with E-state index in [0.717, 1.165) is 50.1 Å². The van der Waals surface area contributed by atoms with Crippen LogP contribution in [0.4, 0.5) is 0 Å². The molecule has 4 N–H and O–H groups in total. The van der Waals surface area contributed by atoms with Gasteiger partial charge in [0.05, 0.1) is 6.10 Å². The van der Waals surface area contributed by atoms with E-state index in [9.17, 15) is 5.11 Å². The minimum absolute atomic E-state index is 0.137. The Morgan fingerprint density at radius 1 is 1.32 bits per heavy atom. The molecule has 1 saturated carbocycles. The van der Waals surface area contributed by atoms with Crippen LogP contribution in [-0.2, 0) is 0 Å². The van der Waals surface area contributed by atoms with Crippen LogP contribution >= 0.6 is 0 Å².